The van der Waals surface area contributed by atoms with Crippen molar-refractivity contribution in [3.63, 3.8) is 0 Å². The van der Waals surface area contributed by atoms with Crippen molar-refractivity contribution in [2.24, 2.45) is 16.9 Å². The molecule has 0 spiro atoms. The summed E-state index contributed by atoms with van der Waals surface area (Å²) in [5.74, 6) is -1.90. The fraction of sp³-hybridized carbons (Fsp3) is 0.391. The minimum atomic E-state index is -4.36. The zero-order valence-electron chi connectivity index (χ0n) is 17.0. The predicted molar refractivity (Wildman–Crippen MR) is 111 cm³/mol. The molecular weight excluding hydrogens is 407 g/mol. The normalized spacial score (nSPS) is 16.9. The summed E-state index contributed by atoms with van der Waals surface area (Å²) < 4.78 is 41.2. The summed E-state index contributed by atoms with van der Waals surface area (Å²) in [6.07, 6.45) is -4.10. The number of rotatable bonds is 9. The molecule has 0 radical (unpaired) electrons. The number of carbonyl (C=O) groups excluding carboxylic acids is 2. The van der Waals surface area contributed by atoms with E-state index in [0.717, 1.165) is 5.56 Å². The first-order chi connectivity index (χ1) is 14.6. The van der Waals surface area contributed by atoms with Gasteiger partial charge in [0.05, 0.1) is 5.41 Å². The molecule has 1 aliphatic carbocycles. The van der Waals surface area contributed by atoms with Gasteiger partial charge in [-0.15, -0.1) is 0 Å². The first-order valence-electron chi connectivity index (χ1n) is 10.1. The van der Waals surface area contributed by atoms with Crippen LogP contribution in [-0.2, 0) is 11.2 Å². The largest absolute Gasteiger partial charge is 0.395 e. The molecule has 0 aromatic heterocycles. The van der Waals surface area contributed by atoms with Crippen molar-refractivity contribution in [3.05, 3.63) is 71.3 Å². The van der Waals surface area contributed by atoms with Gasteiger partial charge in [-0.25, -0.2) is 0 Å². The molecule has 0 heterocycles. The fourth-order valence-corrected chi connectivity index (χ4v) is 3.96. The molecule has 0 saturated heterocycles. The second-order valence-corrected chi connectivity index (χ2v) is 8.15. The Morgan fingerprint density at radius 3 is 2.16 bits per heavy atom. The first-order valence-corrected chi connectivity index (χ1v) is 10.1. The Bertz CT molecular complexity index is 910. The van der Waals surface area contributed by atoms with E-state index < -0.39 is 35.4 Å². The van der Waals surface area contributed by atoms with Crippen LogP contribution in [0, 0.1) is 5.41 Å². The van der Waals surface area contributed by atoms with E-state index in [4.69, 9.17) is 11.5 Å². The van der Waals surface area contributed by atoms with Gasteiger partial charge in [0.2, 0.25) is 11.8 Å². The third kappa shape index (κ3) is 5.44. The maximum absolute atomic E-state index is 13.7. The Kier molecular flexibility index (Phi) is 6.69. The first kappa shape index (κ1) is 22.8. The maximum Gasteiger partial charge on any atom is 0.395 e. The topological polar surface area (TPSA) is 98.2 Å². The minimum Gasteiger partial charge on any atom is -0.366 e. The highest BCUT2D eigenvalue weighted by molar-refractivity contribution is 5.92. The molecule has 31 heavy (non-hydrogen) atoms. The van der Waals surface area contributed by atoms with Crippen LogP contribution < -0.4 is 16.8 Å². The summed E-state index contributed by atoms with van der Waals surface area (Å²) in [5.41, 5.74) is 11.2. The van der Waals surface area contributed by atoms with Crippen molar-refractivity contribution < 1.29 is 22.8 Å². The molecule has 2 aromatic rings. The lowest BCUT2D eigenvalue weighted by atomic mass is 9.80. The number of amides is 2. The average molecular weight is 433 g/mol. The smallest absolute Gasteiger partial charge is 0.366 e. The molecule has 2 atom stereocenters. The predicted octanol–water partition coefficient (Wildman–Crippen LogP) is 3.29. The molecule has 8 heteroatoms. The number of alkyl halides is 3. The number of hydrogen-bond acceptors (Lipinski definition) is 3. The molecule has 166 valence electrons. The van der Waals surface area contributed by atoms with Crippen molar-refractivity contribution in [1.82, 2.24) is 5.32 Å². The van der Waals surface area contributed by atoms with Gasteiger partial charge in [-0.3, -0.25) is 9.59 Å². The van der Waals surface area contributed by atoms with Crippen LogP contribution in [0.25, 0.3) is 0 Å². The van der Waals surface area contributed by atoms with Gasteiger partial charge in [0.25, 0.3) is 0 Å². The lowest BCUT2D eigenvalue weighted by molar-refractivity contribution is -0.194. The molecule has 1 saturated carbocycles. The van der Waals surface area contributed by atoms with Crippen LogP contribution in [0.1, 0.15) is 46.7 Å². The summed E-state index contributed by atoms with van der Waals surface area (Å²) >= 11 is 0. The number of primary amides is 1. The van der Waals surface area contributed by atoms with Gasteiger partial charge in [0.15, 0.2) is 0 Å². The number of nitrogens with two attached hydrogens (primary N) is 2. The third-order valence-corrected chi connectivity index (χ3v) is 5.91. The number of benzene rings is 2. The molecule has 0 aliphatic heterocycles. The van der Waals surface area contributed by atoms with Crippen LogP contribution >= 0.6 is 0 Å². The molecule has 3 rings (SSSR count). The summed E-state index contributed by atoms with van der Waals surface area (Å²) in [5, 5.41) is 2.68. The van der Waals surface area contributed by atoms with E-state index in [1.165, 1.54) is 0 Å². The Morgan fingerprint density at radius 2 is 1.65 bits per heavy atom. The van der Waals surface area contributed by atoms with E-state index in [1.54, 1.807) is 54.6 Å². The SMILES string of the molecule is NC(=O)c1ccc(C[C@H](N)CNC(=O)C[C@H](c2ccccc2)C2(C(F)(F)F)CC2)cc1. The molecular formula is C23H26F3N3O2. The van der Waals surface area contributed by atoms with E-state index >= 15 is 0 Å². The van der Waals surface area contributed by atoms with Crippen LogP contribution in [0.5, 0.6) is 0 Å². The van der Waals surface area contributed by atoms with E-state index in [9.17, 15) is 22.8 Å². The van der Waals surface area contributed by atoms with Gasteiger partial charge in [-0.1, -0.05) is 42.5 Å². The van der Waals surface area contributed by atoms with Gasteiger partial charge in [0, 0.05) is 30.5 Å². The summed E-state index contributed by atoms with van der Waals surface area (Å²) in [7, 11) is 0. The lowest BCUT2D eigenvalue weighted by Gasteiger charge is -2.29. The number of halogens is 3. The van der Waals surface area contributed by atoms with Crippen molar-refractivity contribution in [3.8, 4) is 0 Å². The summed E-state index contributed by atoms with van der Waals surface area (Å²) in [6, 6.07) is 14.6. The summed E-state index contributed by atoms with van der Waals surface area (Å²) in [6.45, 7) is 0.136. The van der Waals surface area contributed by atoms with Gasteiger partial charge < -0.3 is 16.8 Å². The van der Waals surface area contributed by atoms with Crippen molar-refractivity contribution in [1.29, 1.82) is 0 Å². The Balaban J connectivity index is 1.59. The molecule has 1 fully saturated rings. The van der Waals surface area contributed by atoms with E-state index in [0.29, 0.717) is 17.5 Å². The highest BCUT2D eigenvalue weighted by Gasteiger charge is 2.67. The Hall–Kier alpha value is -2.87. The summed E-state index contributed by atoms with van der Waals surface area (Å²) in [4.78, 5) is 23.6. The van der Waals surface area contributed by atoms with E-state index in [2.05, 4.69) is 5.32 Å². The van der Waals surface area contributed by atoms with Crippen molar-refractivity contribution in [2.75, 3.05) is 6.54 Å². The Morgan fingerprint density at radius 1 is 1.03 bits per heavy atom. The quantitative estimate of drug-likeness (QED) is 0.566. The molecule has 5 nitrogen and oxygen atoms in total. The van der Waals surface area contributed by atoms with Crippen LogP contribution in [0.4, 0.5) is 13.2 Å². The lowest BCUT2D eigenvalue weighted by Crippen LogP contribution is -2.40. The van der Waals surface area contributed by atoms with E-state index in [1.807, 2.05) is 0 Å². The molecule has 0 bridgehead atoms. The molecule has 1 aliphatic rings. The molecule has 0 unspecified atom stereocenters. The number of nitrogens with one attached hydrogen (secondary N) is 1. The average Bonchev–Trinajstić information content (AvgIpc) is 3.53. The highest BCUT2D eigenvalue weighted by Crippen LogP contribution is 2.66. The zero-order valence-corrected chi connectivity index (χ0v) is 17.0. The standard InChI is InChI=1S/C23H26F3N3O2/c24-23(25,26)22(10-11-22)19(16-4-2-1-3-5-16)13-20(30)29-14-18(27)12-15-6-8-17(9-7-15)21(28)31/h1-9,18-19H,10-14,27H2,(H2,28,31)(H,29,30)/t18-,19+/m0/s1. The van der Waals surface area contributed by atoms with Gasteiger partial charge in [-0.05, 0) is 42.5 Å². The Labute approximate surface area is 179 Å². The van der Waals surface area contributed by atoms with Crippen LogP contribution in [0.15, 0.2) is 54.6 Å². The highest BCUT2D eigenvalue weighted by atomic mass is 19.4. The molecule has 5 N–H and O–H groups in total. The van der Waals surface area contributed by atoms with Crippen LogP contribution in [0.2, 0.25) is 0 Å². The molecule has 2 aromatic carbocycles. The van der Waals surface area contributed by atoms with Crippen LogP contribution in [0.3, 0.4) is 0 Å². The minimum absolute atomic E-state index is 0.0319. The van der Waals surface area contributed by atoms with Crippen LogP contribution in [-0.4, -0.2) is 30.6 Å². The van der Waals surface area contributed by atoms with Gasteiger partial charge >= 0.3 is 6.18 Å². The monoisotopic (exact) mass is 433 g/mol. The fourth-order valence-electron chi connectivity index (χ4n) is 3.96. The molecule has 2 amide bonds. The maximum atomic E-state index is 13.7. The van der Waals surface area contributed by atoms with Crippen molar-refractivity contribution >= 4 is 11.8 Å². The second-order valence-electron chi connectivity index (χ2n) is 8.15. The van der Waals surface area contributed by atoms with Gasteiger partial charge in [-0.2, -0.15) is 13.2 Å². The zero-order chi connectivity index (χ0) is 22.6. The second kappa shape index (κ2) is 9.09. The number of hydrogen-bond donors (Lipinski definition) is 3. The van der Waals surface area contributed by atoms with Gasteiger partial charge in [0.1, 0.15) is 0 Å². The van der Waals surface area contributed by atoms with E-state index in [-0.39, 0.29) is 25.8 Å². The van der Waals surface area contributed by atoms with Crippen molar-refractivity contribution in [2.45, 2.75) is 43.8 Å². The number of carbonyl (C=O) groups is 2. The third-order valence-electron chi connectivity index (χ3n) is 5.91.